The van der Waals surface area contributed by atoms with Crippen molar-refractivity contribution in [3.05, 3.63) is 0 Å². The third-order valence-corrected chi connectivity index (χ3v) is 5.62. The van der Waals surface area contributed by atoms with Crippen molar-refractivity contribution in [2.24, 2.45) is 10.9 Å². The molecule has 2 unspecified atom stereocenters. The van der Waals surface area contributed by atoms with Crippen LogP contribution >= 0.6 is 24.0 Å². The molecular formula is C19H37IN4O2. The van der Waals surface area contributed by atoms with Crippen LogP contribution in [0.25, 0.3) is 0 Å². The monoisotopic (exact) mass is 480 g/mol. The van der Waals surface area contributed by atoms with Gasteiger partial charge in [0.2, 0.25) is 0 Å². The minimum absolute atomic E-state index is 0. The van der Waals surface area contributed by atoms with Gasteiger partial charge in [-0.2, -0.15) is 0 Å². The first kappa shape index (κ1) is 22.2. The average molecular weight is 480 g/mol. The summed E-state index contributed by atoms with van der Waals surface area (Å²) >= 11 is 0. The van der Waals surface area contributed by atoms with Crippen molar-refractivity contribution in [1.82, 2.24) is 15.1 Å². The first-order chi connectivity index (χ1) is 12.3. The maximum Gasteiger partial charge on any atom is 0.193 e. The molecule has 0 amide bonds. The molecule has 7 heteroatoms. The summed E-state index contributed by atoms with van der Waals surface area (Å²) in [6, 6.07) is 0. The fraction of sp³-hybridized carbons (Fsp3) is 0.947. The number of hydrogen-bond acceptors (Lipinski definition) is 4. The smallest absolute Gasteiger partial charge is 0.193 e. The molecule has 3 aliphatic rings. The molecule has 3 heterocycles. The molecule has 2 atom stereocenters. The maximum atomic E-state index is 5.73. The lowest BCUT2D eigenvalue weighted by Gasteiger charge is -2.29. The summed E-state index contributed by atoms with van der Waals surface area (Å²) in [6.45, 7) is 9.25. The Bertz CT molecular complexity index is 412. The third-order valence-electron chi connectivity index (χ3n) is 5.62. The van der Waals surface area contributed by atoms with Crippen molar-refractivity contribution in [3.63, 3.8) is 0 Å². The zero-order valence-corrected chi connectivity index (χ0v) is 18.7. The molecule has 0 aromatic rings. The Kier molecular flexibility index (Phi) is 10.5. The van der Waals surface area contributed by atoms with E-state index in [9.17, 15) is 0 Å². The molecule has 3 aliphatic heterocycles. The second-order valence-electron chi connectivity index (χ2n) is 7.65. The van der Waals surface area contributed by atoms with Crippen molar-refractivity contribution in [1.29, 1.82) is 0 Å². The van der Waals surface area contributed by atoms with Gasteiger partial charge in [0.05, 0.1) is 19.3 Å². The Hall–Kier alpha value is -0.120. The normalized spacial score (nSPS) is 27.6. The number of piperidine rings is 1. The molecule has 6 nitrogen and oxygen atoms in total. The van der Waals surface area contributed by atoms with E-state index in [2.05, 4.69) is 20.1 Å². The van der Waals surface area contributed by atoms with Gasteiger partial charge < -0.3 is 24.6 Å². The Morgan fingerprint density at radius 3 is 2.73 bits per heavy atom. The van der Waals surface area contributed by atoms with Gasteiger partial charge in [0.25, 0.3) is 0 Å². The third kappa shape index (κ3) is 7.13. The van der Waals surface area contributed by atoms with E-state index in [1.165, 1.54) is 51.7 Å². The number of ether oxygens (including phenoxy) is 2. The van der Waals surface area contributed by atoms with Crippen molar-refractivity contribution in [2.75, 3.05) is 66.1 Å². The van der Waals surface area contributed by atoms with Gasteiger partial charge in [0.1, 0.15) is 0 Å². The number of rotatable bonds is 7. The lowest BCUT2D eigenvalue weighted by Crippen LogP contribution is -2.42. The lowest BCUT2D eigenvalue weighted by atomic mass is 10.1. The van der Waals surface area contributed by atoms with Crippen LogP contribution in [0.2, 0.25) is 0 Å². The highest BCUT2D eigenvalue weighted by Gasteiger charge is 2.26. The average Bonchev–Trinajstić information content (AvgIpc) is 3.31. The molecular weight excluding hydrogens is 443 g/mol. The van der Waals surface area contributed by atoms with Gasteiger partial charge in [-0.1, -0.05) is 6.42 Å². The summed E-state index contributed by atoms with van der Waals surface area (Å²) < 4.78 is 11.3. The van der Waals surface area contributed by atoms with Gasteiger partial charge in [-0.15, -0.1) is 24.0 Å². The van der Waals surface area contributed by atoms with Gasteiger partial charge >= 0.3 is 0 Å². The molecule has 152 valence electrons. The molecule has 0 radical (unpaired) electrons. The Balaban J connectivity index is 0.00000243. The molecule has 0 aromatic carbocycles. The van der Waals surface area contributed by atoms with E-state index in [-0.39, 0.29) is 24.0 Å². The zero-order chi connectivity index (χ0) is 17.3. The number of nitrogens with zero attached hydrogens (tertiary/aromatic N) is 3. The summed E-state index contributed by atoms with van der Waals surface area (Å²) in [6.07, 6.45) is 8.09. The molecule has 3 rings (SSSR count). The number of guanidine groups is 1. The summed E-state index contributed by atoms with van der Waals surface area (Å²) in [4.78, 5) is 9.53. The standard InChI is InChI=1S/C19H36N4O2.HI/c1-20-19(21-8-13-24-16-18-6-5-12-25-18)23-11-7-17(15-23)14-22-9-3-2-4-10-22;/h17-18H,2-16H2,1H3,(H,20,21);1H. The SMILES string of the molecule is CN=C(NCCOCC1CCCO1)N1CCC(CN2CCCCC2)C1.I. The summed E-state index contributed by atoms with van der Waals surface area (Å²) in [5, 5.41) is 3.46. The van der Waals surface area contributed by atoms with E-state index in [1.54, 1.807) is 0 Å². The fourth-order valence-corrected chi connectivity index (χ4v) is 4.24. The minimum Gasteiger partial charge on any atom is -0.377 e. The molecule has 26 heavy (non-hydrogen) atoms. The van der Waals surface area contributed by atoms with E-state index < -0.39 is 0 Å². The van der Waals surface area contributed by atoms with Gasteiger partial charge in [0.15, 0.2) is 5.96 Å². The number of nitrogens with one attached hydrogen (secondary N) is 1. The Morgan fingerprint density at radius 1 is 1.15 bits per heavy atom. The van der Waals surface area contributed by atoms with Crippen LogP contribution in [0.5, 0.6) is 0 Å². The van der Waals surface area contributed by atoms with Crippen LogP contribution in [0.1, 0.15) is 38.5 Å². The van der Waals surface area contributed by atoms with Crippen LogP contribution in [0.3, 0.4) is 0 Å². The predicted molar refractivity (Wildman–Crippen MR) is 117 cm³/mol. The number of hydrogen-bond donors (Lipinski definition) is 1. The van der Waals surface area contributed by atoms with Crippen LogP contribution in [-0.2, 0) is 9.47 Å². The predicted octanol–water partition coefficient (Wildman–Crippen LogP) is 2.18. The molecule has 1 N–H and O–H groups in total. The van der Waals surface area contributed by atoms with E-state index in [0.717, 1.165) is 51.1 Å². The second kappa shape index (κ2) is 12.4. The molecule has 0 aliphatic carbocycles. The van der Waals surface area contributed by atoms with Gasteiger partial charge in [-0.3, -0.25) is 4.99 Å². The van der Waals surface area contributed by atoms with E-state index >= 15 is 0 Å². The van der Waals surface area contributed by atoms with Gasteiger partial charge in [0, 0.05) is 39.8 Å². The molecule has 0 aromatic heterocycles. The molecule has 3 fully saturated rings. The van der Waals surface area contributed by atoms with Crippen LogP contribution in [-0.4, -0.2) is 88.0 Å². The number of aliphatic imine (C=N–C) groups is 1. The number of halogens is 1. The quantitative estimate of drug-likeness (QED) is 0.262. The first-order valence-corrected chi connectivity index (χ1v) is 10.2. The topological polar surface area (TPSA) is 49.3 Å². The Morgan fingerprint density at radius 2 is 2.00 bits per heavy atom. The van der Waals surface area contributed by atoms with Crippen LogP contribution in [0.4, 0.5) is 0 Å². The number of likely N-dealkylation sites (tertiary alicyclic amines) is 2. The van der Waals surface area contributed by atoms with E-state index in [0.29, 0.717) is 12.7 Å². The maximum absolute atomic E-state index is 5.73. The molecule has 0 saturated carbocycles. The second-order valence-corrected chi connectivity index (χ2v) is 7.65. The van der Waals surface area contributed by atoms with Crippen molar-refractivity contribution < 1.29 is 9.47 Å². The fourth-order valence-electron chi connectivity index (χ4n) is 4.24. The van der Waals surface area contributed by atoms with Crippen molar-refractivity contribution >= 4 is 29.9 Å². The van der Waals surface area contributed by atoms with Crippen molar-refractivity contribution in [2.45, 2.75) is 44.6 Å². The lowest BCUT2D eigenvalue weighted by molar-refractivity contribution is 0.0190. The van der Waals surface area contributed by atoms with Gasteiger partial charge in [-0.05, 0) is 51.1 Å². The van der Waals surface area contributed by atoms with E-state index in [1.807, 2.05) is 7.05 Å². The molecule has 0 bridgehead atoms. The summed E-state index contributed by atoms with van der Waals surface area (Å²) in [5.74, 6) is 1.81. The molecule has 0 spiro atoms. The Labute approximate surface area is 176 Å². The summed E-state index contributed by atoms with van der Waals surface area (Å²) in [7, 11) is 1.88. The molecule has 3 saturated heterocycles. The van der Waals surface area contributed by atoms with Crippen LogP contribution in [0.15, 0.2) is 4.99 Å². The highest BCUT2D eigenvalue weighted by Crippen LogP contribution is 2.19. The van der Waals surface area contributed by atoms with E-state index in [4.69, 9.17) is 9.47 Å². The summed E-state index contributed by atoms with van der Waals surface area (Å²) in [5.41, 5.74) is 0. The van der Waals surface area contributed by atoms with Crippen molar-refractivity contribution in [3.8, 4) is 0 Å². The zero-order valence-electron chi connectivity index (χ0n) is 16.3. The minimum atomic E-state index is 0. The largest absolute Gasteiger partial charge is 0.377 e. The van der Waals surface area contributed by atoms with Crippen LogP contribution < -0.4 is 5.32 Å². The van der Waals surface area contributed by atoms with Crippen LogP contribution in [0, 0.1) is 5.92 Å². The first-order valence-electron chi connectivity index (χ1n) is 10.2. The highest BCUT2D eigenvalue weighted by atomic mass is 127. The highest BCUT2D eigenvalue weighted by molar-refractivity contribution is 14.0. The van der Waals surface area contributed by atoms with Gasteiger partial charge in [-0.25, -0.2) is 0 Å².